The van der Waals surface area contributed by atoms with Crippen LogP contribution in [0, 0.1) is 5.92 Å². The molecule has 0 spiro atoms. The molecule has 14 heteroatoms. The van der Waals surface area contributed by atoms with E-state index in [1.54, 1.807) is 12.1 Å². The van der Waals surface area contributed by atoms with Gasteiger partial charge in [0.25, 0.3) is 17.7 Å². The number of barbiturate groups is 1. The molecule has 6 amide bonds. The van der Waals surface area contributed by atoms with E-state index >= 15 is 0 Å². The summed E-state index contributed by atoms with van der Waals surface area (Å²) in [5.41, 5.74) is 3.34. The van der Waals surface area contributed by atoms with E-state index in [2.05, 4.69) is 37.1 Å². The van der Waals surface area contributed by atoms with Crippen molar-refractivity contribution in [1.82, 2.24) is 10.7 Å². The van der Waals surface area contributed by atoms with Crippen LogP contribution in [0.25, 0.3) is 0 Å². The fourth-order valence-electron chi connectivity index (χ4n) is 3.91. The second kappa shape index (κ2) is 13.0. The van der Waals surface area contributed by atoms with Crippen LogP contribution in [0.2, 0.25) is 0 Å². The molecule has 4 rings (SSSR count). The highest BCUT2D eigenvalue weighted by Crippen LogP contribution is 2.38. The van der Waals surface area contributed by atoms with Crippen molar-refractivity contribution < 1.29 is 38.2 Å². The van der Waals surface area contributed by atoms with Crippen LogP contribution in [0.5, 0.6) is 17.2 Å². The fourth-order valence-corrected chi connectivity index (χ4v) is 4.18. The highest BCUT2D eigenvalue weighted by Gasteiger charge is 2.40. The molecule has 1 heterocycles. The Morgan fingerprint density at radius 2 is 1.50 bits per heavy atom. The maximum atomic E-state index is 12.9. The number of halogens is 1. The van der Waals surface area contributed by atoms with Gasteiger partial charge < -0.3 is 19.5 Å². The van der Waals surface area contributed by atoms with Crippen molar-refractivity contribution in [3.8, 4) is 17.2 Å². The summed E-state index contributed by atoms with van der Waals surface area (Å²) in [6, 6.07) is 14.4. The average molecular weight is 638 g/mol. The highest BCUT2D eigenvalue weighted by atomic mass is 79.9. The molecule has 13 nitrogen and oxygen atoms in total. The van der Waals surface area contributed by atoms with Gasteiger partial charge in [-0.25, -0.2) is 15.1 Å². The Labute approximate surface area is 247 Å². The predicted octanol–water partition coefficient (Wildman–Crippen LogP) is 3.34. The third-order valence-corrected chi connectivity index (χ3v) is 6.54. The van der Waals surface area contributed by atoms with E-state index < -0.39 is 35.6 Å². The van der Waals surface area contributed by atoms with Crippen molar-refractivity contribution in [2.45, 2.75) is 0 Å². The number of nitrogens with zero attached hydrogens (tertiary/aromatic N) is 2. The molecule has 1 atom stereocenters. The van der Waals surface area contributed by atoms with Crippen LogP contribution < -0.4 is 35.2 Å². The van der Waals surface area contributed by atoms with Crippen molar-refractivity contribution in [2.24, 2.45) is 11.0 Å². The molecule has 3 aromatic rings. The smallest absolute Gasteiger partial charge is 0.335 e. The number of methoxy groups -OCH3 is 3. The van der Waals surface area contributed by atoms with Gasteiger partial charge in [-0.15, -0.1) is 0 Å². The number of nitrogens with one attached hydrogen (secondary N) is 3. The number of imide groups is 2. The number of anilines is 2. The van der Waals surface area contributed by atoms with Crippen LogP contribution in [0.1, 0.15) is 20.7 Å². The number of urea groups is 1. The number of hydrazone groups is 1. The van der Waals surface area contributed by atoms with E-state index in [1.807, 2.05) is 0 Å². The van der Waals surface area contributed by atoms with Gasteiger partial charge in [0.05, 0.1) is 27.0 Å². The Balaban J connectivity index is 1.39. The van der Waals surface area contributed by atoms with Gasteiger partial charge in [-0.2, -0.15) is 5.10 Å². The van der Waals surface area contributed by atoms with E-state index in [4.69, 9.17) is 14.2 Å². The van der Waals surface area contributed by atoms with Crippen molar-refractivity contribution >= 4 is 63.2 Å². The van der Waals surface area contributed by atoms with Crippen LogP contribution in [-0.2, 0) is 9.59 Å². The van der Waals surface area contributed by atoms with Crippen molar-refractivity contribution in [2.75, 3.05) is 31.5 Å². The van der Waals surface area contributed by atoms with Gasteiger partial charge in [0.1, 0.15) is 0 Å². The highest BCUT2D eigenvalue weighted by molar-refractivity contribution is 9.10. The molecule has 0 aromatic heterocycles. The van der Waals surface area contributed by atoms with Gasteiger partial charge in [-0.05, 0) is 60.7 Å². The molecule has 0 aliphatic carbocycles. The number of carbonyl (C=O) groups excluding carboxylic acids is 5. The first-order valence-electron chi connectivity index (χ1n) is 12.2. The standard InChI is InChI=1S/C28H24BrN5O8/c1-40-21-12-16(13-22(41-2)23(21)42-3)24(35)31-18-8-4-15(5-9-18)25(36)33-30-14-20-26(37)32-28(39)34(27(20)38)19-10-6-17(29)7-11-19/h4-14,20H,1-3H3,(H,31,35)(H,33,36)(H,32,37,39)/b30-14-/t20-/m0/s1. The van der Waals surface area contributed by atoms with E-state index in [9.17, 15) is 24.0 Å². The maximum Gasteiger partial charge on any atom is 0.335 e. The zero-order chi connectivity index (χ0) is 30.4. The Morgan fingerprint density at radius 3 is 2.07 bits per heavy atom. The quantitative estimate of drug-likeness (QED) is 0.183. The molecule has 3 N–H and O–H groups in total. The molecular weight excluding hydrogens is 614 g/mol. The van der Waals surface area contributed by atoms with Crippen LogP contribution in [0.3, 0.4) is 0 Å². The van der Waals surface area contributed by atoms with Gasteiger partial charge in [0, 0.05) is 27.5 Å². The molecular formula is C28H24BrN5O8. The maximum absolute atomic E-state index is 12.9. The van der Waals surface area contributed by atoms with Crippen LogP contribution in [0.4, 0.5) is 16.2 Å². The normalized spacial score (nSPS) is 14.8. The lowest BCUT2D eigenvalue weighted by atomic mass is 10.1. The van der Waals surface area contributed by atoms with Crippen LogP contribution in [-0.4, -0.2) is 57.2 Å². The minimum absolute atomic E-state index is 0.184. The first-order chi connectivity index (χ1) is 20.2. The lowest BCUT2D eigenvalue weighted by Gasteiger charge is -2.28. The van der Waals surface area contributed by atoms with E-state index in [-0.39, 0.29) is 16.8 Å². The van der Waals surface area contributed by atoms with Gasteiger partial charge >= 0.3 is 6.03 Å². The summed E-state index contributed by atoms with van der Waals surface area (Å²) >= 11 is 3.28. The molecule has 1 aliphatic rings. The van der Waals surface area contributed by atoms with Gasteiger partial charge in [-0.3, -0.25) is 24.5 Å². The van der Waals surface area contributed by atoms with Gasteiger partial charge in [-0.1, -0.05) is 15.9 Å². The van der Waals surface area contributed by atoms with Crippen molar-refractivity contribution in [3.05, 3.63) is 76.3 Å². The first-order valence-corrected chi connectivity index (χ1v) is 13.0. The fraction of sp³-hybridized carbons (Fsp3) is 0.143. The van der Waals surface area contributed by atoms with E-state index in [0.717, 1.165) is 15.6 Å². The minimum Gasteiger partial charge on any atom is -0.493 e. The summed E-state index contributed by atoms with van der Waals surface area (Å²) in [6.45, 7) is 0. The number of hydrogen-bond donors (Lipinski definition) is 3. The first kappa shape index (κ1) is 29.7. The largest absolute Gasteiger partial charge is 0.493 e. The van der Waals surface area contributed by atoms with E-state index in [1.165, 1.54) is 69.9 Å². The zero-order valence-corrected chi connectivity index (χ0v) is 24.1. The second-order valence-electron chi connectivity index (χ2n) is 8.59. The number of amides is 6. The zero-order valence-electron chi connectivity index (χ0n) is 22.5. The Bertz CT molecular complexity index is 1550. The molecule has 3 aromatic carbocycles. The summed E-state index contributed by atoms with van der Waals surface area (Å²) in [4.78, 5) is 63.6. The third kappa shape index (κ3) is 6.39. The minimum atomic E-state index is -1.44. The van der Waals surface area contributed by atoms with Crippen LogP contribution >= 0.6 is 15.9 Å². The Hall–Kier alpha value is -5.24. The summed E-state index contributed by atoms with van der Waals surface area (Å²) in [5.74, 6) is -3.26. The molecule has 216 valence electrons. The summed E-state index contributed by atoms with van der Waals surface area (Å²) < 4.78 is 16.6. The molecule has 1 saturated heterocycles. The Kier molecular flexibility index (Phi) is 9.17. The average Bonchev–Trinajstić information content (AvgIpc) is 2.99. The molecule has 1 aliphatic heterocycles. The molecule has 0 bridgehead atoms. The molecule has 1 fully saturated rings. The summed E-state index contributed by atoms with van der Waals surface area (Å²) in [6.07, 6.45) is 0.944. The molecule has 0 saturated carbocycles. The number of rotatable bonds is 9. The van der Waals surface area contributed by atoms with Gasteiger partial charge in [0.15, 0.2) is 17.4 Å². The van der Waals surface area contributed by atoms with Crippen LogP contribution in [0.15, 0.2) is 70.2 Å². The molecule has 0 unspecified atom stereocenters. The lowest BCUT2D eigenvalue weighted by Crippen LogP contribution is -2.58. The Morgan fingerprint density at radius 1 is 0.881 bits per heavy atom. The molecule has 42 heavy (non-hydrogen) atoms. The van der Waals surface area contributed by atoms with Crippen molar-refractivity contribution in [1.29, 1.82) is 0 Å². The van der Waals surface area contributed by atoms with Gasteiger partial charge in [0.2, 0.25) is 11.7 Å². The summed E-state index contributed by atoms with van der Waals surface area (Å²) in [5, 5.41) is 8.56. The lowest BCUT2D eigenvalue weighted by molar-refractivity contribution is -0.131. The van der Waals surface area contributed by atoms with E-state index in [0.29, 0.717) is 22.9 Å². The summed E-state index contributed by atoms with van der Waals surface area (Å²) in [7, 11) is 4.33. The topological polar surface area (TPSA) is 165 Å². The number of hydrogen-bond acceptors (Lipinski definition) is 9. The second-order valence-corrected chi connectivity index (χ2v) is 9.50. The monoisotopic (exact) mass is 637 g/mol. The number of carbonyl (C=O) groups is 5. The van der Waals surface area contributed by atoms with Crippen molar-refractivity contribution in [3.63, 3.8) is 0 Å². The third-order valence-electron chi connectivity index (χ3n) is 6.01. The number of benzene rings is 3. The SMILES string of the molecule is COc1cc(C(=O)Nc2ccc(C(=O)N/N=C\[C@H]3C(=O)NC(=O)N(c4ccc(Br)cc4)C3=O)cc2)cc(OC)c1OC. The number of ether oxygens (including phenoxy) is 3. The predicted molar refractivity (Wildman–Crippen MR) is 155 cm³/mol. The molecule has 0 radical (unpaired) electrons.